The molecule has 2 N–H and O–H groups in total. The first-order valence-electron chi connectivity index (χ1n) is 9.72. The Hall–Kier alpha value is -0.830. The van der Waals surface area contributed by atoms with Crippen molar-refractivity contribution in [1.29, 1.82) is 0 Å². The predicted octanol–water partition coefficient (Wildman–Crippen LogP) is 7.15. The summed E-state index contributed by atoms with van der Waals surface area (Å²) in [4.78, 5) is 0.853. The molecule has 0 unspecified atom stereocenters. The second-order valence-electron chi connectivity index (χ2n) is 9.11. The van der Waals surface area contributed by atoms with Crippen LogP contribution in [0.3, 0.4) is 0 Å². The molecule has 0 bridgehead atoms. The lowest BCUT2D eigenvalue weighted by atomic mass is 9.80. The Balaban J connectivity index is 2.96. The lowest BCUT2D eigenvalue weighted by molar-refractivity contribution is 0.376. The Morgan fingerprint density at radius 1 is 0.760 bits per heavy atom. The molecular weight excluding hydrogens is 328 g/mol. The van der Waals surface area contributed by atoms with E-state index in [-0.39, 0.29) is 22.3 Å². The molecule has 0 saturated carbocycles. The minimum absolute atomic E-state index is 0.0472. The Bertz CT molecular complexity index is 551. The number of phenols is 2. The molecular formula is C22H38O2S. The maximum atomic E-state index is 10.7. The summed E-state index contributed by atoms with van der Waals surface area (Å²) in [6.45, 7) is 14.9. The summed E-state index contributed by atoms with van der Waals surface area (Å²) < 4.78 is 0. The van der Waals surface area contributed by atoms with E-state index < -0.39 is 0 Å². The second-order valence-corrected chi connectivity index (χ2v) is 10.2. The Morgan fingerprint density at radius 3 is 1.80 bits per heavy atom. The molecule has 25 heavy (non-hydrogen) atoms. The highest BCUT2D eigenvalue weighted by Crippen LogP contribution is 2.48. The van der Waals surface area contributed by atoms with Gasteiger partial charge in [-0.2, -0.15) is 0 Å². The molecule has 1 aromatic carbocycles. The summed E-state index contributed by atoms with van der Waals surface area (Å²) >= 11 is 1.69. The molecule has 0 saturated heterocycles. The van der Waals surface area contributed by atoms with Crippen LogP contribution in [0.5, 0.6) is 11.5 Å². The first-order valence-corrected chi connectivity index (χ1v) is 10.7. The lowest BCUT2D eigenvalue weighted by Gasteiger charge is -2.29. The maximum Gasteiger partial charge on any atom is 0.171 e. The van der Waals surface area contributed by atoms with Gasteiger partial charge in [-0.25, -0.2) is 0 Å². The minimum atomic E-state index is -0.204. The summed E-state index contributed by atoms with van der Waals surface area (Å²) in [6.07, 6.45) is 7.60. The molecule has 0 radical (unpaired) electrons. The SMILES string of the molecule is CCCCCCCCSc1c(C(C)(C)C)cc(C(C)(C)C)c(O)c1O. The summed E-state index contributed by atoms with van der Waals surface area (Å²) in [5.41, 5.74) is 1.67. The van der Waals surface area contributed by atoms with E-state index in [0.717, 1.165) is 28.2 Å². The van der Waals surface area contributed by atoms with Crippen LogP contribution in [0.1, 0.15) is 98.1 Å². The molecule has 0 aromatic heterocycles. The van der Waals surface area contributed by atoms with Gasteiger partial charge in [0.1, 0.15) is 0 Å². The predicted molar refractivity (Wildman–Crippen MR) is 111 cm³/mol. The van der Waals surface area contributed by atoms with Gasteiger partial charge in [0.15, 0.2) is 11.5 Å². The standard InChI is InChI=1S/C22H38O2S/c1-8-9-10-11-12-13-14-25-20-17(22(5,6)7)15-16(21(2,3)4)18(23)19(20)24/h15,23-24H,8-14H2,1-7H3. The van der Waals surface area contributed by atoms with Crippen molar-refractivity contribution in [2.24, 2.45) is 0 Å². The van der Waals surface area contributed by atoms with Gasteiger partial charge in [0, 0.05) is 5.56 Å². The van der Waals surface area contributed by atoms with E-state index in [0.29, 0.717) is 0 Å². The molecule has 0 fully saturated rings. The quantitative estimate of drug-likeness (QED) is 0.292. The number of unbranched alkanes of at least 4 members (excludes halogenated alkanes) is 5. The van der Waals surface area contributed by atoms with E-state index in [1.165, 1.54) is 32.1 Å². The molecule has 0 amide bonds. The fourth-order valence-corrected chi connectivity index (χ4v) is 4.28. The van der Waals surface area contributed by atoms with Crippen molar-refractivity contribution in [1.82, 2.24) is 0 Å². The van der Waals surface area contributed by atoms with E-state index in [1.54, 1.807) is 11.8 Å². The topological polar surface area (TPSA) is 40.5 Å². The summed E-state index contributed by atoms with van der Waals surface area (Å²) in [6, 6.07) is 2.10. The third-order valence-electron chi connectivity index (χ3n) is 4.59. The molecule has 144 valence electrons. The van der Waals surface area contributed by atoms with Crippen LogP contribution in [0.4, 0.5) is 0 Å². The average molecular weight is 367 g/mol. The molecule has 0 spiro atoms. The molecule has 0 aliphatic heterocycles. The van der Waals surface area contributed by atoms with Gasteiger partial charge in [-0.15, -0.1) is 11.8 Å². The van der Waals surface area contributed by atoms with Crippen LogP contribution in [-0.4, -0.2) is 16.0 Å². The normalized spacial score (nSPS) is 12.6. The lowest BCUT2D eigenvalue weighted by Crippen LogP contribution is -2.17. The van der Waals surface area contributed by atoms with E-state index in [1.807, 2.05) is 0 Å². The zero-order valence-corrected chi connectivity index (χ0v) is 18.1. The van der Waals surface area contributed by atoms with Crippen molar-refractivity contribution in [2.75, 3.05) is 5.75 Å². The highest BCUT2D eigenvalue weighted by atomic mass is 32.2. The van der Waals surface area contributed by atoms with Crippen LogP contribution in [-0.2, 0) is 10.8 Å². The minimum Gasteiger partial charge on any atom is -0.504 e. The van der Waals surface area contributed by atoms with Crippen molar-refractivity contribution >= 4 is 11.8 Å². The van der Waals surface area contributed by atoms with Crippen LogP contribution in [0, 0.1) is 0 Å². The number of benzene rings is 1. The van der Waals surface area contributed by atoms with Crippen molar-refractivity contribution in [3.8, 4) is 11.5 Å². The van der Waals surface area contributed by atoms with Gasteiger partial charge in [0.25, 0.3) is 0 Å². The van der Waals surface area contributed by atoms with Crippen LogP contribution >= 0.6 is 11.8 Å². The number of aromatic hydroxyl groups is 2. The molecule has 0 aliphatic carbocycles. The van der Waals surface area contributed by atoms with Crippen LogP contribution in [0.15, 0.2) is 11.0 Å². The van der Waals surface area contributed by atoms with Crippen molar-refractivity contribution in [3.05, 3.63) is 17.2 Å². The smallest absolute Gasteiger partial charge is 0.171 e. The fourth-order valence-electron chi connectivity index (χ4n) is 2.97. The van der Waals surface area contributed by atoms with Gasteiger partial charge in [-0.05, 0) is 34.6 Å². The molecule has 0 heterocycles. The largest absolute Gasteiger partial charge is 0.504 e. The zero-order chi connectivity index (χ0) is 19.3. The molecule has 0 atom stereocenters. The Labute approximate surface area is 159 Å². The molecule has 1 aromatic rings. The summed E-state index contributed by atoms with van der Waals surface area (Å²) in [7, 11) is 0. The third kappa shape index (κ3) is 6.44. The molecule has 2 nitrogen and oxygen atoms in total. The van der Waals surface area contributed by atoms with Gasteiger partial charge < -0.3 is 10.2 Å². The molecule has 0 aliphatic rings. The van der Waals surface area contributed by atoms with Gasteiger partial charge >= 0.3 is 0 Å². The fraction of sp³-hybridized carbons (Fsp3) is 0.727. The van der Waals surface area contributed by atoms with Crippen LogP contribution in [0.2, 0.25) is 0 Å². The van der Waals surface area contributed by atoms with E-state index in [2.05, 4.69) is 54.5 Å². The monoisotopic (exact) mass is 366 g/mol. The van der Waals surface area contributed by atoms with Crippen LogP contribution < -0.4 is 0 Å². The molecule has 1 rings (SSSR count). The number of thioether (sulfide) groups is 1. The van der Waals surface area contributed by atoms with Crippen molar-refractivity contribution in [2.45, 2.75) is 103 Å². The maximum absolute atomic E-state index is 10.7. The first kappa shape index (κ1) is 22.2. The third-order valence-corrected chi connectivity index (χ3v) is 5.78. The average Bonchev–Trinajstić information content (AvgIpc) is 2.47. The van der Waals surface area contributed by atoms with Crippen LogP contribution in [0.25, 0.3) is 0 Å². The van der Waals surface area contributed by atoms with Gasteiger partial charge in [0.05, 0.1) is 4.90 Å². The van der Waals surface area contributed by atoms with E-state index >= 15 is 0 Å². The van der Waals surface area contributed by atoms with Gasteiger partial charge in [-0.3, -0.25) is 0 Å². The zero-order valence-electron chi connectivity index (χ0n) is 17.3. The van der Waals surface area contributed by atoms with E-state index in [4.69, 9.17) is 0 Å². The number of rotatable bonds is 8. The highest BCUT2D eigenvalue weighted by molar-refractivity contribution is 7.99. The Kier molecular flexibility index (Phi) is 8.18. The molecule has 3 heteroatoms. The van der Waals surface area contributed by atoms with Gasteiger partial charge in [0.2, 0.25) is 0 Å². The van der Waals surface area contributed by atoms with Crippen molar-refractivity contribution in [3.63, 3.8) is 0 Å². The van der Waals surface area contributed by atoms with E-state index in [9.17, 15) is 10.2 Å². The summed E-state index contributed by atoms with van der Waals surface area (Å²) in [5, 5.41) is 21.2. The highest BCUT2D eigenvalue weighted by Gasteiger charge is 2.29. The summed E-state index contributed by atoms with van der Waals surface area (Å²) in [5.74, 6) is 1.09. The number of hydrogen-bond acceptors (Lipinski definition) is 3. The number of hydrogen-bond donors (Lipinski definition) is 2. The van der Waals surface area contributed by atoms with Gasteiger partial charge in [-0.1, -0.05) is 80.6 Å². The second kappa shape index (κ2) is 9.21. The van der Waals surface area contributed by atoms with Crippen molar-refractivity contribution < 1.29 is 10.2 Å². The Morgan fingerprint density at radius 2 is 1.28 bits per heavy atom. The first-order chi connectivity index (χ1) is 11.5. The number of phenolic OH excluding ortho intramolecular Hbond substituents is 2.